The summed E-state index contributed by atoms with van der Waals surface area (Å²) in [5.74, 6) is -0.704. The number of hydrogen-bond acceptors (Lipinski definition) is 4. The van der Waals surface area contributed by atoms with Gasteiger partial charge >= 0.3 is 11.9 Å². The third-order valence-corrected chi connectivity index (χ3v) is 4.73. The van der Waals surface area contributed by atoms with Gasteiger partial charge in [-0.3, -0.25) is 4.79 Å². The topological polar surface area (TPSA) is 69.4 Å². The second kappa shape index (κ2) is 17.5. The number of esters is 2. The van der Waals surface area contributed by atoms with Crippen LogP contribution in [0.25, 0.3) is 0 Å². The Balaban J connectivity index is 3.39. The number of hydrogen-bond donors (Lipinski definition) is 1. The van der Waals surface area contributed by atoms with Gasteiger partial charge < -0.3 is 10.5 Å². The van der Waals surface area contributed by atoms with E-state index in [1.807, 2.05) is 13.8 Å². The van der Waals surface area contributed by atoms with Gasteiger partial charge in [0.1, 0.15) is 6.04 Å². The smallest absolute Gasteiger partial charge is 0.330 e. The van der Waals surface area contributed by atoms with E-state index in [0.29, 0.717) is 18.8 Å². The second-order valence-corrected chi connectivity index (χ2v) is 8.02. The van der Waals surface area contributed by atoms with Gasteiger partial charge in [0.2, 0.25) is 0 Å². The quantitative estimate of drug-likeness (QED) is 0.196. The van der Waals surface area contributed by atoms with Gasteiger partial charge in [0.05, 0.1) is 0 Å². The van der Waals surface area contributed by atoms with Gasteiger partial charge in [-0.1, -0.05) is 97.8 Å². The number of rotatable bonds is 17. The first kappa shape index (κ1) is 25.1. The van der Waals surface area contributed by atoms with Crippen LogP contribution in [0.5, 0.6) is 0 Å². The predicted molar refractivity (Wildman–Crippen MR) is 109 cm³/mol. The van der Waals surface area contributed by atoms with E-state index in [-0.39, 0.29) is 0 Å². The number of nitrogens with two attached hydrogens (primary N) is 1. The van der Waals surface area contributed by atoms with Crippen LogP contribution in [-0.2, 0) is 14.3 Å². The SMILES string of the molecule is CCCCCCCCCCCCCCCC(=O)OC(=O)[C@H](N)CC(C)C. The molecule has 4 heteroatoms. The van der Waals surface area contributed by atoms with Crippen LogP contribution in [0.4, 0.5) is 0 Å². The van der Waals surface area contributed by atoms with Crippen molar-refractivity contribution in [3.63, 3.8) is 0 Å². The van der Waals surface area contributed by atoms with Crippen LogP contribution in [0, 0.1) is 5.92 Å². The third-order valence-electron chi connectivity index (χ3n) is 4.73. The maximum absolute atomic E-state index is 11.7. The molecule has 0 amide bonds. The summed E-state index contributed by atoms with van der Waals surface area (Å²) in [6.45, 7) is 6.23. The van der Waals surface area contributed by atoms with Crippen molar-refractivity contribution in [2.24, 2.45) is 11.7 Å². The summed E-state index contributed by atoms with van der Waals surface area (Å²) in [5.41, 5.74) is 5.71. The fourth-order valence-corrected chi connectivity index (χ4v) is 3.13. The molecule has 26 heavy (non-hydrogen) atoms. The molecule has 0 heterocycles. The van der Waals surface area contributed by atoms with Crippen molar-refractivity contribution in [3.8, 4) is 0 Å². The van der Waals surface area contributed by atoms with E-state index in [4.69, 9.17) is 10.5 Å². The summed E-state index contributed by atoms with van der Waals surface area (Å²) >= 11 is 0. The Labute approximate surface area is 161 Å². The first-order valence-electron chi connectivity index (χ1n) is 11.0. The van der Waals surface area contributed by atoms with E-state index in [1.165, 1.54) is 64.2 Å². The molecule has 4 nitrogen and oxygen atoms in total. The maximum Gasteiger partial charge on any atom is 0.330 e. The van der Waals surface area contributed by atoms with Crippen molar-refractivity contribution in [2.45, 2.75) is 123 Å². The molecule has 0 aliphatic heterocycles. The molecule has 0 aromatic carbocycles. The molecular weight excluding hydrogens is 326 g/mol. The zero-order valence-corrected chi connectivity index (χ0v) is 17.6. The van der Waals surface area contributed by atoms with Gasteiger partial charge in [-0.05, 0) is 18.8 Å². The maximum atomic E-state index is 11.7. The van der Waals surface area contributed by atoms with Crippen LogP contribution >= 0.6 is 0 Å². The number of unbranched alkanes of at least 4 members (excludes halogenated alkanes) is 12. The fourth-order valence-electron chi connectivity index (χ4n) is 3.13. The highest BCUT2D eigenvalue weighted by Gasteiger charge is 2.19. The zero-order valence-electron chi connectivity index (χ0n) is 17.6. The summed E-state index contributed by atoms with van der Waals surface area (Å²) in [6.07, 6.45) is 17.3. The molecule has 0 unspecified atom stereocenters. The summed E-state index contributed by atoms with van der Waals surface area (Å²) in [7, 11) is 0. The van der Waals surface area contributed by atoms with E-state index in [1.54, 1.807) is 0 Å². The highest BCUT2D eigenvalue weighted by molar-refractivity contribution is 5.88. The number of ether oxygens (including phenoxy) is 1. The van der Waals surface area contributed by atoms with Gasteiger partial charge in [-0.15, -0.1) is 0 Å². The molecule has 0 rings (SSSR count). The molecule has 0 spiro atoms. The molecule has 0 aliphatic carbocycles. The number of carbonyl (C=O) groups excluding carboxylic acids is 2. The van der Waals surface area contributed by atoms with Crippen LogP contribution in [-0.4, -0.2) is 18.0 Å². The van der Waals surface area contributed by atoms with E-state index in [2.05, 4.69) is 6.92 Å². The molecule has 0 aromatic rings. The average molecular weight is 370 g/mol. The molecule has 2 N–H and O–H groups in total. The Bertz CT molecular complexity index is 355. The second-order valence-electron chi connectivity index (χ2n) is 8.02. The van der Waals surface area contributed by atoms with E-state index < -0.39 is 18.0 Å². The van der Waals surface area contributed by atoms with Gasteiger partial charge in [0, 0.05) is 6.42 Å². The summed E-state index contributed by atoms with van der Waals surface area (Å²) in [5, 5.41) is 0. The van der Waals surface area contributed by atoms with Crippen molar-refractivity contribution >= 4 is 11.9 Å². The monoisotopic (exact) mass is 369 g/mol. The third kappa shape index (κ3) is 16.6. The molecule has 0 fully saturated rings. The average Bonchev–Trinajstić information content (AvgIpc) is 2.58. The molecule has 0 bridgehead atoms. The van der Waals surface area contributed by atoms with E-state index in [9.17, 15) is 9.59 Å². The minimum Gasteiger partial charge on any atom is -0.392 e. The zero-order chi connectivity index (χ0) is 19.6. The Morgan fingerprint density at radius 3 is 1.62 bits per heavy atom. The molecule has 1 atom stereocenters. The van der Waals surface area contributed by atoms with Crippen molar-refractivity contribution in [1.29, 1.82) is 0 Å². The molecule has 0 saturated carbocycles. The highest BCUT2D eigenvalue weighted by Crippen LogP contribution is 2.13. The predicted octanol–water partition coefficient (Wildman–Crippen LogP) is 5.91. The number of carbonyl (C=O) groups is 2. The largest absolute Gasteiger partial charge is 0.392 e. The van der Waals surface area contributed by atoms with Gasteiger partial charge in [0.25, 0.3) is 0 Å². The van der Waals surface area contributed by atoms with Gasteiger partial charge in [0.15, 0.2) is 0 Å². The highest BCUT2D eigenvalue weighted by atomic mass is 16.6. The molecular formula is C22H43NO3. The van der Waals surface area contributed by atoms with Crippen molar-refractivity contribution in [2.75, 3.05) is 0 Å². The minimum atomic E-state index is -0.689. The summed E-state index contributed by atoms with van der Waals surface area (Å²) in [6, 6.07) is -0.689. The lowest BCUT2D eigenvalue weighted by Crippen LogP contribution is -2.34. The Kier molecular flexibility index (Phi) is 16.9. The van der Waals surface area contributed by atoms with Gasteiger partial charge in [-0.2, -0.15) is 0 Å². The molecule has 0 aromatic heterocycles. The Hall–Kier alpha value is -0.900. The van der Waals surface area contributed by atoms with Crippen molar-refractivity contribution in [3.05, 3.63) is 0 Å². The lowest BCUT2D eigenvalue weighted by Gasteiger charge is -2.12. The summed E-state index contributed by atoms with van der Waals surface area (Å²) < 4.78 is 4.82. The Morgan fingerprint density at radius 1 is 0.769 bits per heavy atom. The van der Waals surface area contributed by atoms with E-state index in [0.717, 1.165) is 19.3 Å². The van der Waals surface area contributed by atoms with Crippen LogP contribution in [0.15, 0.2) is 0 Å². The first-order chi connectivity index (χ1) is 12.5. The Morgan fingerprint density at radius 2 is 1.19 bits per heavy atom. The normalized spacial score (nSPS) is 12.3. The standard InChI is InChI=1S/C22H43NO3/c1-4-5-6-7-8-9-10-11-12-13-14-15-16-17-21(24)26-22(25)20(23)18-19(2)3/h19-20H,4-18,23H2,1-3H3/t20-/m1/s1. The lowest BCUT2D eigenvalue weighted by molar-refractivity contribution is -0.160. The molecule has 154 valence electrons. The molecule has 0 saturated heterocycles. The van der Waals surface area contributed by atoms with Crippen LogP contribution in [0.1, 0.15) is 117 Å². The first-order valence-corrected chi connectivity index (χ1v) is 11.0. The van der Waals surface area contributed by atoms with Crippen molar-refractivity contribution < 1.29 is 14.3 Å². The van der Waals surface area contributed by atoms with Crippen LogP contribution in [0.2, 0.25) is 0 Å². The van der Waals surface area contributed by atoms with Crippen LogP contribution < -0.4 is 5.73 Å². The lowest BCUT2D eigenvalue weighted by atomic mass is 10.0. The molecule has 0 aliphatic rings. The molecule has 0 radical (unpaired) electrons. The van der Waals surface area contributed by atoms with E-state index >= 15 is 0 Å². The van der Waals surface area contributed by atoms with Crippen LogP contribution in [0.3, 0.4) is 0 Å². The van der Waals surface area contributed by atoms with Gasteiger partial charge in [-0.25, -0.2) is 4.79 Å². The van der Waals surface area contributed by atoms with Crippen molar-refractivity contribution in [1.82, 2.24) is 0 Å². The summed E-state index contributed by atoms with van der Waals surface area (Å²) in [4.78, 5) is 23.3. The fraction of sp³-hybridized carbons (Fsp3) is 0.909. The minimum absolute atomic E-state index is 0.314.